The zero-order valence-corrected chi connectivity index (χ0v) is 11.4. The first-order valence-corrected chi connectivity index (χ1v) is 7.17. The van der Waals surface area contributed by atoms with Crippen LogP contribution in [0.2, 0.25) is 0 Å². The molecule has 0 saturated heterocycles. The molecule has 1 aliphatic carbocycles. The number of hydrogen-bond donors (Lipinski definition) is 1. The van der Waals surface area contributed by atoms with E-state index in [1.165, 1.54) is 18.7 Å². The second-order valence-corrected chi connectivity index (χ2v) is 5.79. The lowest BCUT2D eigenvalue weighted by Gasteiger charge is -2.40. The molecule has 1 N–H and O–H groups in total. The Morgan fingerprint density at radius 2 is 2.42 bits per heavy atom. The van der Waals surface area contributed by atoms with Crippen LogP contribution in [0.15, 0.2) is 12.3 Å². The molecule has 1 aromatic rings. The van der Waals surface area contributed by atoms with Gasteiger partial charge in [-0.2, -0.15) is 17.0 Å². The van der Waals surface area contributed by atoms with E-state index in [1.807, 2.05) is 12.3 Å². The third-order valence-electron chi connectivity index (χ3n) is 3.50. The summed E-state index contributed by atoms with van der Waals surface area (Å²) in [5.41, 5.74) is -0.199. The number of nitrogens with one attached hydrogen (secondary N) is 1. The maximum absolute atomic E-state index is 11.0. The Hall–Kier alpha value is -1.81. The number of aromatic nitrogens is 1. The molecule has 19 heavy (non-hydrogen) atoms. The topological polar surface area (TPSA) is 91.8 Å². The number of pyridine rings is 1. The zero-order chi connectivity index (χ0) is 13.9. The van der Waals surface area contributed by atoms with Gasteiger partial charge >= 0.3 is 5.69 Å². The van der Waals surface area contributed by atoms with Gasteiger partial charge in [-0.15, -0.1) is 0 Å². The normalized spacial score (nSPS) is 16.2. The Labute approximate surface area is 115 Å². The molecule has 1 heterocycles. The van der Waals surface area contributed by atoms with Crippen molar-refractivity contribution in [3.05, 3.63) is 27.9 Å². The summed E-state index contributed by atoms with van der Waals surface area (Å²) in [5.74, 6) is 0.185. The summed E-state index contributed by atoms with van der Waals surface area (Å²) in [7, 11) is 0. The quantitative estimate of drug-likeness (QED) is 0.657. The summed E-state index contributed by atoms with van der Waals surface area (Å²) >= 11 is 1.78. The SMILES string of the molecule is CSC1(CNc2nccc(C#N)c2[N+](=O)[O-])CCC1. The van der Waals surface area contributed by atoms with Gasteiger partial charge in [-0.1, -0.05) is 6.42 Å². The van der Waals surface area contributed by atoms with Gasteiger partial charge in [-0.05, 0) is 25.2 Å². The van der Waals surface area contributed by atoms with Crippen molar-refractivity contribution in [3.63, 3.8) is 0 Å². The van der Waals surface area contributed by atoms with Crippen LogP contribution < -0.4 is 5.32 Å². The van der Waals surface area contributed by atoms with Crippen LogP contribution >= 0.6 is 11.8 Å². The third-order valence-corrected chi connectivity index (χ3v) is 4.92. The fraction of sp³-hybridized carbons (Fsp3) is 0.500. The molecule has 0 radical (unpaired) electrons. The van der Waals surface area contributed by atoms with Crippen molar-refractivity contribution in [1.82, 2.24) is 4.98 Å². The Bertz CT molecular complexity index is 532. The summed E-state index contributed by atoms with van der Waals surface area (Å²) in [6, 6.07) is 3.19. The van der Waals surface area contributed by atoms with Crippen molar-refractivity contribution in [1.29, 1.82) is 5.26 Å². The second-order valence-electron chi connectivity index (χ2n) is 4.52. The van der Waals surface area contributed by atoms with Gasteiger partial charge in [0.15, 0.2) is 0 Å². The minimum atomic E-state index is -0.555. The molecule has 0 atom stereocenters. The molecule has 0 bridgehead atoms. The van der Waals surface area contributed by atoms with Crippen LogP contribution in [-0.4, -0.2) is 27.5 Å². The Balaban J connectivity index is 2.21. The van der Waals surface area contributed by atoms with E-state index >= 15 is 0 Å². The second kappa shape index (κ2) is 5.45. The average molecular weight is 278 g/mol. The summed E-state index contributed by atoms with van der Waals surface area (Å²) < 4.78 is 0.151. The van der Waals surface area contributed by atoms with Crippen LogP contribution in [0.1, 0.15) is 24.8 Å². The third kappa shape index (κ3) is 2.63. The lowest BCUT2D eigenvalue weighted by Crippen LogP contribution is -2.40. The van der Waals surface area contributed by atoms with Gasteiger partial charge in [0.1, 0.15) is 11.6 Å². The molecule has 1 fully saturated rings. The van der Waals surface area contributed by atoms with Gasteiger partial charge in [0, 0.05) is 17.5 Å². The molecule has 0 aliphatic heterocycles. The van der Waals surface area contributed by atoms with E-state index in [0.717, 1.165) is 12.8 Å². The molecule has 1 aromatic heterocycles. The van der Waals surface area contributed by atoms with Crippen LogP contribution in [0, 0.1) is 21.4 Å². The molecule has 2 rings (SSSR count). The average Bonchev–Trinajstić information content (AvgIpc) is 2.37. The Morgan fingerprint density at radius 1 is 1.68 bits per heavy atom. The fourth-order valence-corrected chi connectivity index (χ4v) is 3.04. The standard InChI is InChI=1S/C12H14N4O2S/c1-19-12(4-2-5-12)8-15-11-10(16(17)18)9(7-13)3-6-14-11/h3,6H,2,4-5,8H2,1H3,(H,14,15). The molecule has 0 amide bonds. The molecule has 0 unspecified atom stereocenters. The number of rotatable bonds is 5. The van der Waals surface area contributed by atoms with E-state index < -0.39 is 4.92 Å². The number of nitriles is 1. The number of hydrogen-bond acceptors (Lipinski definition) is 6. The van der Waals surface area contributed by atoms with Gasteiger partial charge in [0.25, 0.3) is 0 Å². The number of anilines is 1. The van der Waals surface area contributed by atoms with E-state index in [2.05, 4.69) is 10.3 Å². The first-order chi connectivity index (χ1) is 9.12. The van der Waals surface area contributed by atoms with E-state index in [0.29, 0.717) is 6.54 Å². The van der Waals surface area contributed by atoms with Gasteiger partial charge < -0.3 is 5.32 Å². The van der Waals surface area contributed by atoms with Crippen LogP contribution in [0.3, 0.4) is 0 Å². The van der Waals surface area contributed by atoms with Crippen molar-refractivity contribution in [2.75, 3.05) is 18.1 Å². The maximum Gasteiger partial charge on any atom is 0.328 e. The predicted molar refractivity (Wildman–Crippen MR) is 74.2 cm³/mol. The maximum atomic E-state index is 11.0. The van der Waals surface area contributed by atoms with Crippen LogP contribution in [0.4, 0.5) is 11.5 Å². The number of nitro groups is 1. The lowest BCUT2D eigenvalue weighted by molar-refractivity contribution is -0.384. The molecule has 1 saturated carbocycles. The van der Waals surface area contributed by atoms with Crippen LogP contribution in [0.5, 0.6) is 0 Å². The minimum Gasteiger partial charge on any atom is -0.363 e. The molecular formula is C12H14N4O2S. The molecule has 1 aliphatic rings. The number of thioether (sulfide) groups is 1. The van der Waals surface area contributed by atoms with E-state index in [-0.39, 0.29) is 21.8 Å². The summed E-state index contributed by atoms with van der Waals surface area (Å²) in [6.07, 6.45) is 6.87. The largest absolute Gasteiger partial charge is 0.363 e. The van der Waals surface area contributed by atoms with E-state index in [1.54, 1.807) is 11.8 Å². The van der Waals surface area contributed by atoms with E-state index in [4.69, 9.17) is 5.26 Å². The highest BCUT2D eigenvalue weighted by atomic mass is 32.2. The summed E-state index contributed by atoms with van der Waals surface area (Å²) in [4.78, 5) is 14.5. The summed E-state index contributed by atoms with van der Waals surface area (Å²) in [5, 5.41) is 23.0. The van der Waals surface area contributed by atoms with Crippen LogP contribution in [0.25, 0.3) is 0 Å². The highest BCUT2D eigenvalue weighted by Crippen LogP contribution is 2.43. The van der Waals surface area contributed by atoms with Gasteiger partial charge in [-0.25, -0.2) is 4.98 Å². The van der Waals surface area contributed by atoms with Gasteiger partial charge in [0.05, 0.1) is 4.92 Å². The highest BCUT2D eigenvalue weighted by molar-refractivity contribution is 8.00. The van der Waals surface area contributed by atoms with Crippen molar-refractivity contribution in [2.45, 2.75) is 24.0 Å². The first kappa shape index (κ1) is 13.6. The van der Waals surface area contributed by atoms with Crippen LogP contribution in [-0.2, 0) is 0 Å². The molecule has 0 aromatic carbocycles. The fourth-order valence-electron chi connectivity index (χ4n) is 2.13. The molecule has 7 heteroatoms. The van der Waals surface area contributed by atoms with E-state index in [9.17, 15) is 10.1 Å². The van der Waals surface area contributed by atoms with Crippen molar-refractivity contribution < 1.29 is 4.92 Å². The smallest absolute Gasteiger partial charge is 0.328 e. The van der Waals surface area contributed by atoms with Gasteiger partial charge in [0.2, 0.25) is 5.82 Å². The minimum absolute atomic E-state index is 0.0364. The molecule has 100 valence electrons. The highest BCUT2D eigenvalue weighted by Gasteiger charge is 2.36. The van der Waals surface area contributed by atoms with Gasteiger partial charge in [-0.3, -0.25) is 10.1 Å². The molecular weight excluding hydrogens is 264 g/mol. The first-order valence-electron chi connectivity index (χ1n) is 5.94. The van der Waals surface area contributed by atoms with Crippen molar-refractivity contribution >= 4 is 23.3 Å². The monoisotopic (exact) mass is 278 g/mol. The van der Waals surface area contributed by atoms with Crippen molar-refractivity contribution in [3.8, 4) is 6.07 Å². The summed E-state index contributed by atoms with van der Waals surface area (Å²) in [6.45, 7) is 0.636. The molecule has 6 nitrogen and oxygen atoms in total. The molecule has 0 spiro atoms. The Kier molecular flexibility index (Phi) is 3.90. The lowest BCUT2D eigenvalue weighted by atomic mass is 9.84. The predicted octanol–water partition coefficient (Wildman–Crippen LogP) is 2.56. The Morgan fingerprint density at radius 3 is 2.89 bits per heavy atom. The zero-order valence-electron chi connectivity index (χ0n) is 10.5. The number of nitrogens with zero attached hydrogens (tertiary/aromatic N) is 3. The van der Waals surface area contributed by atoms with Crippen molar-refractivity contribution in [2.24, 2.45) is 0 Å².